The Balaban J connectivity index is 1.62. The van der Waals surface area contributed by atoms with E-state index < -0.39 is 0 Å². The molecule has 1 aliphatic heterocycles. The van der Waals surface area contributed by atoms with E-state index in [-0.39, 0.29) is 12.7 Å². The maximum Gasteiger partial charge on any atom is 0.0772 e. The standard InChI is InChI=1S/C23H23N4OS/c1-14-6-9-19-18(10-14)21(26-23(24)15-7-8-15)12-20(25-19)17-11-16-4-2-3-5-22(16)29-27(28)13-17/h2-6,9-12,15,23H,7-8,13,24H2,1H3,(H,25,26)/q-1. The van der Waals surface area contributed by atoms with Gasteiger partial charge in [0.05, 0.1) is 17.4 Å². The molecule has 148 valence electrons. The Kier molecular flexibility index (Phi) is 4.80. The van der Waals surface area contributed by atoms with E-state index in [1.165, 1.54) is 30.4 Å². The average Bonchev–Trinajstić information content (AvgIpc) is 3.54. The number of fused-ring (bicyclic) bond motifs is 2. The van der Waals surface area contributed by atoms with E-state index >= 15 is 0 Å². The number of hydroxylamine groups is 1. The van der Waals surface area contributed by atoms with Gasteiger partial charge in [-0.15, -0.1) is 0 Å². The maximum absolute atomic E-state index is 12.5. The van der Waals surface area contributed by atoms with Crippen molar-refractivity contribution >= 4 is 40.2 Å². The van der Waals surface area contributed by atoms with E-state index in [0.717, 1.165) is 42.8 Å². The molecule has 0 bridgehead atoms. The van der Waals surface area contributed by atoms with E-state index in [9.17, 15) is 5.21 Å². The fraction of sp³-hybridized carbons (Fsp3) is 0.261. The van der Waals surface area contributed by atoms with E-state index in [1.54, 1.807) is 0 Å². The van der Waals surface area contributed by atoms with E-state index in [4.69, 9.17) is 10.7 Å². The first-order valence-electron chi connectivity index (χ1n) is 9.93. The van der Waals surface area contributed by atoms with Gasteiger partial charge < -0.3 is 20.7 Å². The molecule has 1 saturated carbocycles. The Labute approximate surface area is 174 Å². The van der Waals surface area contributed by atoms with Crippen molar-refractivity contribution in [3.05, 3.63) is 70.6 Å². The van der Waals surface area contributed by atoms with Gasteiger partial charge in [-0.05, 0) is 67.2 Å². The molecule has 3 aromatic rings. The predicted molar refractivity (Wildman–Crippen MR) is 121 cm³/mol. The smallest absolute Gasteiger partial charge is 0.0772 e. The lowest BCUT2D eigenvalue weighted by Crippen LogP contribution is -2.31. The van der Waals surface area contributed by atoms with Crippen LogP contribution in [0.25, 0.3) is 22.6 Å². The quantitative estimate of drug-likeness (QED) is 0.471. The Morgan fingerprint density at radius 3 is 2.86 bits per heavy atom. The highest BCUT2D eigenvalue weighted by Crippen LogP contribution is 2.37. The van der Waals surface area contributed by atoms with Crippen LogP contribution in [-0.2, 0) is 0 Å². The lowest BCUT2D eigenvalue weighted by atomic mass is 10.0. The van der Waals surface area contributed by atoms with Crippen molar-refractivity contribution in [2.75, 3.05) is 11.9 Å². The van der Waals surface area contributed by atoms with Crippen LogP contribution >= 0.6 is 11.9 Å². The molecule has 2 aromatic carbocycles. The number of benzene rings is 2. The summed E-state index contributed by atoms with van der Waals surface area (Å²) in [4.78, 5) is 5.85. The van der Waals surface area contributed by atoms with Gasteiger partial charge in [-0.3, -0.25) is 0 Å². The van der Waals surface area contributed by atoms with Gasteiger partial charge in [0.15, 0.2) is 0 Å². The Bertz CT molecular complexity index is 1110. The minimum atomic E-state index is -0.0654. The van der Waals surface area contributed by atoms with E-state index in [0.29, 0.717) is 5.92 Å². The number of hydrogen-bond donors (Lipinski definition) is 2. The largest absolute Gasteiger partial charge is 0.775 e. The first-order valence-corrected chi connectivity index (χ1v) is 10.7. The Morgan fingerprint density at radius 1 is 1.21 bits per heavy atom. The number of nitrogens with zero attached hydrogens (tertiary/aromatic N) is 2. The van der Waals surface area contributed by atoms with Crippen LogP contribution in [0.2, 0.25) is 0 Å². The Morgan fingerprint density at radius 2 is 2.03 bits per heavy atom. The summed E-state index contributed by atoms with van der Waals surface area (Å²) in [6.45, 7) is 2.35. The summed E-state index contributed by atoms with van der Waals surface area (Å²) < 4.78 is 1.02. The number of pyridine rings is 1. The van der Waals surface area contributed by atoms with Gasteiger partial charge in [0.25, 0.3) is 0 Å². The second-order valence-corrected chi connectivity index (χ2v) is 8.90. The average molecular weight is 404 g/mol. The van der Waals surface area contributed by atoms with Gasteiger partial charge in [-0.2, -0.15) is 0 Å². The third kappa shape index (κ3) is 3.89. The molecule has 1 fully saturated rings. The van der Waals surface area contributed by atoms with Crippen LogP contribution < -0.4 is 11.1 Å². The monoisotopic (exact) mass is 403 g/mol. The summed E-state index contributed by atoms with van der Waals surface area (Å²) in [5, 5.41) is 17.0. The van der Waals surface area contributed by atoms with Gasteiger partial charge >= 0.3 is 0 Å². The molecular weight excluding hydrogens is 380 g/mol. The second kappa shape index (κ2) is 7.46. The molecule has 1 unspecified atom stereocenters. The lowest BCUT2D eigenvalue weighted by Gasteiger charge is -2.26. The minimum Gasteiger partial charge on any atom is -0.775 e. The van der Waals surface area contributed by atoms with Gasteiger partial charge in [0.1, 0.15) is 0 Å². The molecule has 5 nitrogen and oxygen atoms in total. The van der Waals surface area contributed by atoms with Crippen LogP contribution in [0.15, 0.2) is 53.4 Å². The Hall–Kier alpha value is -2.38. The normalized spacial score (nSPS) is 18.1. The third-order valence-electron chi connectivity index (χ3n) is 5.49. The second-order valence-electron chi connectivity index (χ2n) is 7.87. The van der Waals surface area contributed by atoms with Gasteiger partial charge in [-0.1, -0.05) is 41.8 Å². The van der Waals surface area contributed by atoms with Crippen LogP contribution in [0.4, 0.5) is 5.69 Å². The maximum atomic E-state index is 12.5. The molecule has 1 aromatic heterocycles. The van der Waals surface area contributed by atoms with Crippen LogP contribution in [-0.4, -0.2) is 22.2 Å². The molecule has 0 spiro atoms. The van der Waals surface area contributed by atoms with Crippen molar-refractivity contribution in [2.24, 2.45) is 11.7 Å². The number of nitrogens with one attached hydrogen (secondary N) is 1. The molecule has 0 saturated heterocycles. The van der Waals surface area contributed by atoms with Gasteiger partial charge in [-0.25, -0.2) is 4.98 Å². The molecule has 0 amide bonds. The molecule has 1 aliphatic carbocycles. The first kappa shape index (κ1) is 18.6. The van der Waals surface area contributed by atoms with E-state index in [2.05, 4.69) is 30.4 Å². The van der Waals surface area contributed by atoms with Gasteiger partial charge in [0.2, 0.25) is 0 Å². The molecule has 29 heavy (non-hydrogen) atoms. The van der Waals surface area contributed by atoms with Crippen molar-refractivity contribution in [2.45, 2.75) is 30.8 Å². The lowest BCUT2D eigenvalue weighted by molar-refractivity contribution is 0.665. The number of aryl methyl sites for hydroxylation is 1. The van der Waals surface area contributed by atoms with E-state index in [1.807, 2.05) is 36.4 Å². The van der Waals surface area contributed by atoms with Crippen LogP contribution in [0.5, 0.6) is 0 Å². The highest BCUT2D eigenvalue weighted by Gasteiger charge is 2.29. The highest BCUT2D eigenvalue weighted by molar-refractivity contribution is 7.97. The molecule has 1 atom stereocenters. The zero-order valence-corrected chi connectivity index (χ0v) is 17.1. The van der Waals surface area contributed by atoms with Crippen molar-refractivity contribution in [3.63, 3.8) is 0 Å². The number of aromatic nitrogens is 1. The summed E-state index contributed by atoms with van der Waals surface area (Å²) >= 11 is 1.23. The summed E-state index contributed by atoms with van der Waals surface area (Å²) in [6, 6.07) is 16.2. The van der Waals surface area contributed by atoms with Crippen LogP contribution in [0, 0.1) is 18.0 Å². The molecular formula is C23H23N4OS-. The number of anilines is 1. The molecule has 2 heterocycles. The number of rotatable bonds is 4. The first-order chi connectivity index (χ1) is 14.1. The van der Waals surface area contributed by atoms with Crippen molar-refractivity contribution in [1.29, 1.82) is 0 Å². The molecule has 6 heteroatoms. The summed E-state index contributed by atoms with van der Waals surface area (Å²) in [7, 11) is 0. The summed E-state index contributed by atoms with van der Waals surface area (Å²) in [5.74, 6) is 0.531. The topological polar surface area (TPSA) is 77.2 Å². The molecule has 2 aliphatic rings. The third-order valence-corrected chi connectivity index (χ3v) is 6.39. The summed E-state index contributed by atoms with van der Waals surface area (Å²) in [5.41, 5.74) is 12.2. The molecule has 3 N–H and O–H groups in total. The molecule has 5 rings (SSSR count). The van der Waals surface area contributed by atoms with Crippen molar-refractivity contribution in [1.82, 2.24) is 9.45 Å². The molecule has 0 radical (unpaired) electrons. The fourth-order valence-corrected chi connectivity index (χ4v) is 4.52. The SMILES string of the molecule is Cc1ccc2nc(C3=Cc4ccccc4SN([O-])C3)cc(NC(N)C3CC3)c2c1. The number of hydrogen-bond acceptors (Lipinski definition) is 6. The minimum absolute atomic E-state index is 0.0654. The van der Waals surface area contributed by atoms with Crippen molar-refractivity contribution in [3.8, 4) is 0 Å². The zero-order chi connectivity index (χ0) is 20.0. The predicted octanol–water partition coefficient (Wildman–Crippen LogP) is 5.01. The highest BCUT2D eigenvalue weighted by atomic mass is 32.2. The number of nitrogens with two attached hydrogens (primary N) is 1. The fourth-order valence-electron chi connectivity index (χ4n) is 3.73. The summed E-state index contributed by atoms with van der Waals surface area (Å²) in [6.07, 6.45) is 4.36. The van der Waals surface area contributed by atoms with Crippen LogP contribution in [0.1, 0.15) is 29.7 Å². The van der Waals surface area contributed by atoms with Gasteiger partial charge in [0, 0.05) is 22.5 Å². The van der Waals surface area contributed by atoms with Crippen molar-refractivity contribution < 1.29 is 0 Å². The van der Waals surface area contributed by atoms with Crippen LogP contribution in [0.3, 0.4) is 0 Å². The zero-order valence-electron chi connectivity index (χ0n) is 16.3.